The Morgan fingerprint density at radius 3 is 2.71 bits per heavy atom. The number of pyridine rings is 1. The zero-order valence-corrected chi connectivity index (χ0v) is 8.73. The first-order chi connectivity index (χ1) is 6.73. The molecule has 3 heteroatoms. The molecule has 0 unspecified atom stereocenters. The van der Waals surface area contributed by atoms with Crippen LogP contribution in [0.4, 0.5) is 0 Å². The van der Waals surface area contributed by atoms with Crippen molar-refractivity contribution in [2.24, 2.45) is 0 Å². The van der Waals surface area contributed by atoms with Gasteiger partial charge in [-0.1, -0.05) is 6.07 Å². The lowest BCUT2D eigenvalue weighted by Gasteiger charge is -2.23. The smallest absolute Gasteiger partial charge is 0.213 e. The molecule has 1 aromatic rings. The van der Waals surface area contributed by atoms with E-state index in [0.717, 1.165) is 12.5 Å². The van der Waals surface area contributed by atoms with E-state index < -0.39 is 0 Å². The van der Waals surface area contributed by atoms with E-state index in [-0.39, 0.29) is 5.54 Å². The summed E-state index contributed by atoms with van der Waals surface area (Å²) in [5.74, 6) is 0.723. The van der Waals surface area contributed by atoms with E-state index in [1.807, 2.05) is 18.2 Å². The van der Waals surface area contributed by atoms with Gasteiger partial charge in [-0.25, -0.2) is 4.98 Å². The molecule has 14 heavy (non-hydrogen) atoms. The fourth-order valence-electron chi connectivity index (χ4n) is 1.51. The van der Waals surface area contributed by atoms with Gasteiger partial charge in [0.1, 0.15) is 6.61 Å². The molecule has 1 aliphatic carbocycles. The summed E-state index contributed by atoms with van der Waals surface area (Å²) >= 11 is 0. The highest BCUT2D eigenvalue weighted by Crippen LogP contribution is 2.40. The Hall–Kier alpha value is -1.09. The molecule has 76 valence electrons. The summed E-state index contributed by atoms with van der Waals surface area (Å²) in [6.07, 6.45) is 4.21. The molecule has 3 nitrogen and oxygen atoms in total. The fourth-order valence-corrected chi connectivity index (χ4v) is 1.51. The van der Waals surface area contributed by atoms with Gasteiger partial charge >= 0.3 is 0 Å². The van der Waals surface area contributed by atoms with Crippen molar-refractivity contribution in [2.45, 2.75) is 18.4 Å². The van der Waals surface area contributed by atoms with Crippen LogP contribution in [0.1, 0.15) is 12.8 Å². The van der Waals surface area contributed by atoms with Crippen LogP contribution < -0.4 is 4.74 Å². The van der Waals surface area contributed by atoms with Crippen LogP contribution in [-0.2, 0) is 0 Å². The highest BCUT2D eigenvalue weighted by Gasteiger charge is 2.45. The normalized spacial score (nSPS) is 18.2. The summed E-state index contributed by atoms with van der Waals surface area (Å²) in [7, 11) is 4.21. The van der Waals surface area contributed by atoms with Gasteiger partial charge in [0.05, 0.1) is 5.54 Å². The average Bonchev–Trinajstić information content (AvgIpc) is 2.97. The molecule has 0 spiro atoms. The second kappa shape index (κ2) is 3.58. The molecule has 2 rings (SSSR count). The van der Waals surface area contributed by atoms with Gasteiger partial charge in [-0.2, -0.15) is 0 Å². The van der Waals surface area contributed by atoms with Crippen molar-refractivity contribution in [3.63, 3.8) is 0 Å². The molecule has 0 N–H and O–H groups in total. The number of aromatic nitrogens is 1. The maximum Gasteiger partial charge on any atom is 0.213 e. The second-order valence-corrected chi connectivity index (χ2v) is 4.08. The third-order valence-corrected chi connectivity index (χ3v) is 2.90. The molecule has 0 aliphatic heterocycles. The second-order valence-electron chi connectivity index (χ2n) is 4.08. The first-order valence-electron chi connectivity index (χ1n) is 4.94. The van der Waals surface area contributed by atoms with Gasteiger partial charge in [-0.15, -0.1) is 0 Å². The maximum absolute atomic E-state index is 5.64. The van der Waals surface area contributed by atoms with E-state index in [2.05, 4.69) is 24.0 Å². The summed E-state index contributed by atoms with van der Waals surface area (Å²) in [6.45, 7) is 0.747. The van der Waals surface area contributed by atoms with Crippen molar-refractivity contribution >= 4 is 0 Å². The van der Waals surface area contributed by atoms with Crippen LogP contribution in [0.5, 0.6) is 5.88 Å². The third kappa shape index (κ3) is 1.87. The molecule has 1 aromatic heterocycles. The highest BCUT2D eigenvalue weighted by atomic mass is 16.5. The van der Waals surface area contributed by atoms with Crippen molar-refractivity contribution in [1.29, 1.82) is 0 Å². The Balaban J connectivity index is 1.89. The summed E-state index contributed by atoms with van der Waals surface area (Å²) < 4.78 is 5.64. The van der Waals surface area contributed by atoms with Gasteiger partial charge in [-0.3, -0.25) is 0 Å². The molecule has 0 bridgehead atoms. The first-order valence-corrected chi connectivity index (χ1v) is 4.94. The van der Waals surface area contributed by atoms with Gasteiger partial charge in [0.25, 0.3) is 0 Å². The van der Waals surface area contributed by atoms with E-state index in [4.69, 9.17) is 4.74 Å². The highest BCUT2D eigenvalue weighted by molar-refractivity contribution is 5.11. The largest absolute Gasteiger partial charge is 0.476 e. The number of nitrogens with zero attached hydrogens (tertiary/aromatic N) is 2. The Morgan fingerprint density at radius 2 is 2.21 bits per heavy atom. The van der Waals surface area contributed by atoms with E-state index in [1.54, 1.807) is 6.20 Å². The number of likely N-dealkylation sites (N-methyl/N-ethyl adjacent to an activating group) is 1. The van der Waals surface area contributed by atoms with E-state index in [0.29, 0.717) is 0 Å². The lowest BCUT2D eigenvalue weighted by atomic mass is 10.3. The first kappa shape index (κ1) is 9.46. The number of ether oxygens (including phenoxy) is 1. The van der Waals surface area contributed by atoms with E-state index in [1.165, 1.54) is 12.8 Å². The topological polar surface area (TPSA) is 25.4 Å². The quantitative estimate of drug-likeness (QED) is 0.723. The number of hydrogen-bond donors (Lipinski definition) is 0. The average molecular weight is 192 g/mol. The standard InChI is InChI=1S/C11H16N2O/c1-13(2)11(6-7-11)9-14-10-5-3-4-8-12-10/h3-5,8H,6-7,9H2,1-2H3. The summed E-state index contributed by atoms with van der Waals surface area (Å²) in [4.78, 5) is 6.37. The molecule has 0 atom stereocenters. The fraction of sp³-hybridized carbons (Fsp3) is 0.545. The van der Waals surface area contributed by atoms with Crippen LogP contribution in [0.2, 0.25) is 0 Å². The lowest BCUT2D eigenvalue weighted by Crippen LogP contribution is -2.35. The van der Waals surface area contributed by atoms with Crippen LogP contribution in [0.3, 0.4) is 0 Å². The Labute approximate surface area is 84.7 Å². The van der Waals surface area contributed by atoms with Crippen molar-refractivity contribution < 1.29 is 4.74 Å². The molecule has 0 saturated heterocycles. The molecule has 1 fully saturated rings. The van der Waals surface area contributed by atoms with Crippen molar-refractivity contribution in [3.8, 4) is 5.88 Å². The third-order valence-electron chi connectivity index (χ3n) is 2.90. The molecule has 0 amide bonds. The SMILES string of the molecule is CN(C)C1(COc2ccccn2)CC1. The van der Waals surface area contributed by atoms with Crippen molar-refractivity contribution in [3.05, 3.63) is 24.4 Å². The predicted molar refractivity (Wildman–Crippen MR) is 55.4 cm³/mol. The van der Waals surface area contributed by atoms with E-state index in [9.17, 15) is 0 Å². The van der Waals surface area contributed by atoms with Crippen molar-refractivity contribution in [2.75, 3.05) is 20.7 Å². The van der Waals surface area contributed by atoms with Gasteiger partial charge < -0.3 is 9.64 Å². The van der Waals surface area contributed by atoms with Crippen LogP contribution >= 0.6 is 0 Å². The van der Waals surface area contributed by atoms with Gasteiger partial charge in [0, 0.05) is 12.3 Å². The Morgan fingerprint density at radius 1 is 1.43 bits per heavy atom. The molecular weight excluding hydrogens is 176 g/mol. The van der Waals surface area contributed by atoms with Crippen LogP contribution in [0.25, 0.3) is 0 Å². The minimum atomic E-state index is 0.275. The Bertz CT molecular complexity index is 293. The van der Waals surface area contributed by atoms with Crippen LogP contribution in [-0.4, -0.2) is 36.1 Å². The zero-order chi connectivity index (χ0) is 10.0. The molecule has 1 heterocycles. The monoisotopic (exact) mass is 192 g/mol. The summed E-state index contributed by atoms with van der Waals surface area (Å²) in [6, 6.07) is 5.73. The number of hydrogen-bond acceptors (Lipinski definition) is 3. The molecule has 1 aliphatic rings. The lowest BCUT2D eigenvalue weighted by molar-refractivity contribution is 0.163. The van der Waals surface area contributed by atoms with E-state index >= 15 is 0 Å². The number of rotatable bonds is 4. The molecule has 0 radical (unpaired) electrons. The molecular formula is C11H16N2O. The van der Waals surface area contributed by atoms with Crippen molar-refractivity contribution in [1.82, 2.24) is 9.88 Å². The minimum Gasteiger partial charge on any atom is -0.476 e. The summed E-state index contributed by atoms with van der Waals surface area (Å²) in [5, 5.41) is 0. The zero-order valence-electron chi connectivity index (χ0n) is 8.73. The Kier molecular flexibility index (Phi) is 2.42. The van der Waals surface area contributed by atoms with Crippen LogP contribution in [0.15, 0.2) is 24.4 Å². The minimum absolute atomic E-state index is 0.275. The van der Waals surface area contributed by atoms with Gasteiger partial charge in [0.2, 0.25) is 5.88 Å². The van der Waals surface area contributed by atoms with Crippen LogP contribution in [0, 0.1) is 0 Å². The van der Waals surface area contributed by atoms with Gasteiger partial charge in [0.15, 0.2) is 0 Å². The maximum atomic E-state index is 5.64. The predicted octanol–water partition coefficient (Wildman–Crippen LogP) is 1.55. The molecule has 1 saturated carbocycles. The van der Waals surface area contributed by atoms with Gasteiger partial charge in [-0.05, 0) is 33.0 Å². The summed E-state index contributed by atoms with van der Waals surface area (Å²) in [5.41, 5.74) is 0.275. The molecule has 0 aromatic carbocycles.